The molecule has 0 atom stereocenters. The summed E-state index contributed by atoms with van der Waals surface area (Å²) in [5.74, 6) is -1.18. The van der Waals surface area contributed by atoms with E-state index >= 15 is 0 Å². The molecular weight excluding hydrogens is 401 g/mol. The van der Waals surface area contributed by atoms with E-state index in [1.54, 1.807) is 12.1 Å². The van der Waals surface area contributed by atoms with E-state index in [-0.39, 0.29) is 24.5 Å². The Hall–Kier alpha value is -2.98. The van der Waals surface area contributed by atoms with Crippen LogP contribution in [0.1, 0.15) is 17.5 Å². The standard InChI is InChI=1S/C19H22FN3O5S/c1-13-3-6-16(11-14(13)2)28-12-19(25)23-22-18(24)9-10-21-29(26,27)17-7-4-15(20)5-8-17/h3-8,11,21H,9-10,12H2,1-2H3,(H,22,24)(H,23,25). The Morgan fingerprint density at radius 1 is 0.966 bits per heavy atom. The number of carbonyl (C=O) groups excluding carboxylic acids is 2. The van der Waals surface area contributed by atoms with Crippen molar-refractivity contribution >= 4 is 21.8 Å². The van der Waals surface area contributed by atoms with Crippen molar-refractivity contribution in [1.29, 1.82) is 0 Å². The number of hydrazine groups is 1. The molecule has 3 N–H and O–H groups in total. The number of benzene rings is 2. The third-order valence-corrected chi connectivity index (χ3v) is 5.43. The Balaban J connectivity index is 1.69. The molecule has 8 nitrogen and oxygen atoms in total. The number of aryl methyl sites for hydroxylation is 2. The molecule has 2 amide bonds. The van der Waals surface area contributed by atoms with Gasteiger partial charge in [-0.2, -0.15) is 0 Å². The fraction of sp³-hybridized carbons (Fsp3) is 0.263. The van der Waals surface area contributed by atoms with Crippen LogP contribution in [0.2, 0.25) is 0 Å². The molecule has 0 unspecified atom stereocenters. The lowest BCUT2D eigenvalue weighted by Crippen LogP contribution is -2.44. The van der Waals surface area contributed by atoms with E-state index < -0.39 is 27.7 Å². The van der Waals surface area contributed by atoms with E-state index in [0.29, 0.717) is 5.75 Å². The van der Waals surface area contributed by atoms with Gasteiger partial charge < -0.3 is 4.74 Å². The highest BCUT2D eigenvalue weighted by molar-refractivity contribution is 7.89. The van der Waals surface area contributed by atoms with Crippen LogP contribution in [0.4, 0.5) is 4.39 Å². The SMILES string of the molecule is Cc1ccc(OCC(=O)NNC(=O)CCNS(=O)(=O)c2ccc(F)cc2)cc1C. The summed E-state index contributed by atoms with van der Waals surface area (Å²) < 4.78 is 44.4. The zero-order valence-electron chi connectivity index (χ0n) is 16.0. The fourth-order valence-electron chi connectivity index (χ4n) is 2.19. The van der Waals surface area contributed by atoms with E-state index in [1.807, 2.05) is 19.9 Å². The van der Waals surface area contributed by atoms with Crippen LogP contribution < -0.4 is 20.3 Å². The van der Waals surface area contributed by atoms with Crippen molar-refractivity contribution in [2.45, 2.75) is 25.2 Å². The van der Waals surface area contributed by atoms with Gasteiger partial charge in [0, 0.05) is 13.0 Å². The summed E-state index contributed by atoms with van der Waals surface area (Å²) in [6.45, 7) is 3.40. The molecule has 0 aromatic heterocycles. The first-order valence-electron chi connectivity index (χ1n) is 8.70. The lowest BCUT2D eigenvalue weighted by atomic mass is 10.1. The summed E-state index contributed by atoms with van der Waals surface area (Å²) >= 11 is 0. The Morgan fingerprint density at radius 2 is 1.62 bits per heavy atom. The van der Waals surface area contributed by atoms with Crippen LogP contribution in [0.25, 0.3) is 0 Å². The highest BCUT2D eigenvalue weighted by Gasteiger charge is 2.14. The monoisotopic (exact) mass is 423 g/mol. The van der Waals surface area contributed by atoms with Crippen LogP contribution in [0, 0.1) is 19.7 Å². The molecule has 0 radical (unpaired) electrons. The van der Waals surface area contributed by atoms with Crippen molar-refractivity contribution in [3.05, 3.63) is 59.4 Å². The number of halogens is 1. The van der Waals surface area contributed by atoms with E-state index in [9.17, 15) is 22.4 Å². The zero-order valence-corrected chi connectivity index (χ0v) is 16.8. The van der Waals surface area contributed by atoms with Gasteiger partial charge in [0.2, 0.25) is 15.9 Å². The predicted molar refractivity (Wildman–Crippen MR) is 104 cm³/mol. The summed E-state index contributed by atoms with van der Waals surface area (Å²) in [7, 11) is -3.85. The minimum Gasteiger partial charge on any atom is -0.484 e. The van der Waals surface area contributed by atoms with Crippen molar-refractivity contribution in [2.24, 2.45) is 0 Å². The molecule has 2 rings (SSSR count). The minimum atomic E-state index is -3.85. The average Bonchev–Trinajstić information content (AvgIpc) is 2.67. The van der Waals surface area contributed by atoms with Crippen molar-refractivity contribution in [2.75, 3.05) is 13.2 Å². The van der Waals surface area contributed by atoms with Gasteiger partial charge in [-0.15, -0.1) is 0 Å². The van der Waals surface area contributed by atoms with Crippen LogP contribution in [-0.2, 0) is 19.6 Å². The zero-order chi connectivity index (χ0) is 21.4. The van der Waals surface area contributed by atoms with Gasteiger partial charge in [0.25, 0.3) is 5.91 Å². The first kappa shape index (κ1) is 22.3. The summed E-state index contributed by atoms with van der Waals surface area (Å²) in [5, 5.41) is 0. The second-order valence-corrected chi connectivity index (χ2v) is 8.00. The molecule has 29 heavy (non-hydrogen) atoms. The van der Waals surface area contributed by atoms with Crippen molar-refractivity contribution in [3.63, 3.8) is 0 Å². The molecule has 0 aliphatic rings. The lowest BCUT2D eigenvalue weighted by Gasteiger charge is -2.10. The molecule has 0 bridgehead atoms. The number of sulfonamides is 1. The molecule has 0 aliphatic carbocycles. The van der Waals surface area contributed by atoms with Crippen LogP contribution in [0.3, 0.4) is 0 Å². The molecule has 0 heterocycles. The third kappa shape index (κ3) is 7.16. The molecule has 2 aromatic rings. The number of hydrogen-bond donors (Lipinski definition) is 3. The number of rotatable bonds is 8. The quantitative estimate of drug-likeness (QED) is 0.555. The van der Waals surface area contributed by atoms with E-state index in [0.717, 1.165) is 35.4 Å². The van der Waals surface area contributed by atoms with Crippen molar-refractivity contribution in [3.8, 4) is 5.75 Å². The van der Waals surface area contributed by atoms with Gasteiger partial charge >= 0.3 is 0 Å². The molecule has 0 fully saturated rings. The van der Waals surface area contributed by atoms with Gasteiger partial charge in [0.15, 0.2) is 6.61 Å². The molecule has 0 saturated carbocycles. The van der Waals surface area contributed by atoms with E-state index in [2.05, 4.69) is 15.6 Å². The van der Waals surface area contributed by atoms with Crippen LogP contribution >= 0.6 is 0 Å². The Kier molecular flexibility index (Phi) is 7.68. The van der Waals surface area contributed by atoms with Crippen LogP contribution in [-0.4, -0.2) is 33.4 Å². The van der Waals surface area contributed by atoms with Crippen molar-refractivity contribution < 1.29 is 27.1 Å². The largest absolute Gasteiger partial charge is 0.484 e. The molecule has 10 heteroatoms. The Labute approximate surface area is 168 Å². The van der Waals surface area contributed by atoms with Crippen LogP contribution in [0.5, 0.6) is 5.75 Å². The first-order chi connectivity index (χ1) is 13.7. The molecule has 0 spiro atoms. The number of hydrogen-bond acceptors (Lipinski definition) is 5. The molecule has 156 valence electrons. The Morgan fingerprint density at radius 3 is 2.28 bits per heavy atom. The number of ether oxygens (including phenoxy) is 1. The van der Waals surface area contributed by atoms with E-state index in [1.165, 1.54) is 0 Å². The lowest BCUT2D eigenvalue weighted by molar-refractivity contribution is -0.129. The number of amides is 2. The fourth-order valence-corrected chi connectivity index (χ4v) is 3.22. The van der Waals surface area contributed by atoms with Crippen LogP contribution in [0.15, 0.2) is 47.4 Å². The summed E-state index contributed by atoms with van der Waals surface area (Å²) in [4.78, 5) is 23.3. The Bertz CT molecular complexity index is 978. The topological polar surface area (TPSA) is 114 Å². The van der Waals surface area contributed by atoms with Gasteiger partial charge in [-0.05, 0) is 61.4 Å². The highest BCUT2D eigenvalue weighted by Crippen LogP contribution is 2.16. The van der Waals surface area contributed by atoms with Gasteiger partial charge in [-0.1, -0.05) is 6.07 Å². The maximum atomic E-state index is 12.9. The second kappa shape index (κ2) is 9.99. The predicted octanol–water partition coefficient (Wildman–Crippen LogP) is 1.34. The molecular formula is C19H22FN3O5S. The number of nitrogens with one attached hydrogen (secondary N) is 3. The third-order valence-electron chi connectivity index (χ3n) is 3.96. The molecule has 0 aliphatic heterocycles. The first-order valence-corrected chi connectivity index (χ1v) is 10.2. The maximum Gasteiger partial charge on any atom is 0.276 e. The van der Waals surface area contributed by atoms with E-state index in [4.69, 9.17) is 4.74 Å². The van der Waals surface area contributed by atoms with Gasteiger partial charge in [0.1, 0.15) is 11.6 Å². The minimum absolute atomic E-state index is 0.115. The van der Waals surface area contributed by atoms with Gasteiger partial charge in [-0.25, -0.2) is 17.5 Å². The summed E-state index contributed by atoms with van der Waals surface area (Å²) in [6, 6.07) is 9.70. The maximum absolute atomic E-state index is 12.9. The number of carbonyl (C=O) groups is 2. The normalized spacial score (nSPS) is 11.0. The summed E-state index contributed by atoms with van der Waals surface area (Å²) in [5.41, 5.74) is 6.48. The van der Waals surface area contributed by atoms with Gasteiger partial charge in [-0.3, -0.25) is 20.4 Å². The average molecular weight is 423 g/mol. The molecule has 2 aromatic carbocycles. The smallest absolute Gasteiger partial charge is 0.276 e. The second-order valence-electron chi connectivity index (χ2n) is 6.23. The van der Waals surface area contributed by atoms with Crippen molar-refractivity contribution in [1.82, 2.24) is 15.6 Å². The highest BCUT2D eigenvalue weighted by atomic mass is 32.2. The summed E-state index contributed by atoms with van der Waals surface area (Å²) in [6.07, 6.45) is -0.210. The van der Waals surface area contributed by atoms with Gasteiger partial charge in [0.05, 0.1) is 4.90 Å². The molecule has 0 saturated heterocycles.